The molecular formula is C21H17ClF2N4O. The third kappa shape index (κ3) is 4.19. The van der Waals surface area contributed by atoms with Crippen molar-refractivity contribution in [2.24, 2.45) is 0 Å². The topological polar surface area (TPSA) is 49.3 Å². The van der Waals surface area contributed by atoms with E-state index in [1.165, 1.54) is 6.07 Å². The lowest BCUT2D eigenvalue weighted by molar-refractivity contribution is 0.0741. The molecule has 5 nitrogen and oxygen atoms in total. The van der Waals surface area contributed by atoms with Gasteiger partial charge in [-0.25, -0.2) is 8.78 Å². The number of aromatic nitrogens is 2. The number of carbonyl (C=O) groups excluding carboxylic acids is 1. The summed E-state index contributed by atoms with van der Waals surface area (Å²) in [5.41, 5.74) is 1.54. The van der Waals surface area contributed by atoms with Gasteiger partial charge in [0.15, 0.2) is 5.82 Å². The van der Waals surface area contributed by atoms with Crippen LogP contribution in [0.15, 0.2) is 54.6 Å². The largest absolute Gasteiger partial charge is 0.352 e. The molecule has 148 valence electrons. The van der Waals surface area contributed by atoms with Crippen LogP contribution in [0.3, 0.4) is 0 Å². The van der Waals surface area contributed by atoms with Gasteiger partial charge < -0.3 is 9.80 Å². The van der Waals surface area contributed by atoms with E-state index in [0.717, 1.165) is 23.4 Å². The molecule has 2 heterocycles. The van der Waals surface area contributed by atoms with Crippen molar-refractivity contribution in [2.75, 3.05) is 31.1 Å². The van der Waals surface area contributed by atoms with Crippen LogP contribution in [0.4, 0.5) is 14.6 Å². The lowest BCUT2D eigenvalue weighted by Crippen LogP contribution is -2.49. The minimum Gasteiger partial charge on any atom is -0.352 e. The Labute approximate surface area is 171 Å². The second-order valence-corrected chi connectivity index (χ2v) is 7.12. The van der Waals surface area contributed by atoms with E-state index in [2.05, 4.69) is 10.2 Å². The van der Waals surface area contributed by atoms with Crippen molar-refractivity contribution in [3.05, 3.63) is 76.8 Å². The quantitative estimate of drug-likeness (QED) is 0.649. The maximum atomic E-state index is 13.9. The smallest absolute Gasteiger partial charge is 0.256 e. The molecule has 0 atom stereocenters. The first-order valence-corrected chi connectivity index (χ1v) is 9.48. The van der Waals surface area contributed by atoms with E-state index >= 15 is 0 Å². The predicted molar refractivity (Wildman–Crippen MR) is 107 cm³/mol. The Morgan fingerprint density at radius 2 is 1.62 bits per heavy atom. The van der Waals surface area contributed by atoms with Crippen molar-refractivity contribution >= 4 is 23.3 Å². The van der Waals surface area contributed by atoms with Crippen LogP contribution < -0.4 is 4.90 Å². The van der Waals surface area contributed by atoms with Crippen molar-refractivity contribution in [3.63, 3.8) is 0 Å². The number of piperazine rings is 1. The van der Waals surface area contributed by atoms with Gasteiger partial charge in [-0.05, 0) is 36.4 Å². The van der Waals surface area contributed by atoms with Gasteiger partial charge in [-0.1, -0.05) is 23.7 Å². The second kappa shape index (κ2) is 8.13. The zero-order valence-corrected chi connectivity index (χ0v) is 16.1. The van der Waals surface area contributed by atoms with Crippen molar-refractivity contribution in [1.29, 1.82) is 0 Å². The molecule has 0 radical (unpaired) electrons. The molecule has 0 spiro atoms. The van der Waals surface area contributed by atoms with Crippen LogP contribution in [0.2, 0.25) is 5.02 Å². The van der Waals surface area contributed by atoms with Crippen LogP contribution in [0, 0.1) is 11.6 Å². The van der Waals surface area contributed by atoms with Crippen molar-refractivity contribution in [2.45, 2.75) is 0 Å². The summed E-state index contributed by atoms with van der Waals surface area (Å²) >= 11 is 5.91. The van der Waals surface area contributed by atoms with Crippen LogP contribution in [0.5, 0.6) is 0 Å². The van der Waals surface area contributed by atoms with Crippen molar-refractivity contribution in [3.8, 4) is 11.3 Å². The summed E-state index contributed by atoms with van der Waals surface area (Å²) in [4.78, 5) is 16.1. The van der Waals surface area contributed by atoms with E-state index in [-0.39, 0.29) is 5.56 Å². The van der Waals surface area contributed by atoms with Crippen LogP contribution in [-0.4, -0.2) is 47.2 Å². The summed E-state index contributed by atoms with van der Waals surface area (Å²) in [5.74, 6) is -1.28. The number of anilines is 1. The normalized spacial score (nSPS) is 14.2. The molecule has 8 heteroatoms. The van der Waals surface area contributed by atoms with Crippen LogP contribution >= 0.6 is 11.6 Å². The molecule has 1 aliphatic heterocycles. The molecule has 29 heavy (non-hydrogen) atoms. The molecule has 0 N–H and O–H groups in total. The Hall–Kier alpha value is -3.06. The Balaban J connectivity index is 1.40. The number of benzene rings is 2. The SMILES string of the molecule is O=C(c1ccc(F)cc1F)N1CCN(c2ccc(-c3ccc(Cl)cc3)nn2)CC1. The molecule has 3 aromatic rings. The number of carbonyl (C=O) groups is 1. The lowest BCUT2D eigenvalue weighted by Gasteiger charge is -2.35. The fraction of sp³-hybridized carbons (Fsp3) is 0.190. The fourth-order valence-corrected chi connectivity index (χ4v) is 3.37. The third-order valence-corrected chi connectivity index (χ3v) is 5.09. The average molecular weight is 415 g/mol. The molecular weight excluding hydrogens is 398 g/mol. The van der Waals surface area contributed by atoms with E-state index < -0.39 is 17.5 Å². The second-order valence-electron chi connectivity index (χ2n) is 6.69. The summed E-state index contributed by atoms with van der Waals surface area (Å²) in [6.07, 6.45) is 0. The molecule has 1 amide bonds. The maximum absolute atomic E-state index is 13.9. The average Bonchev–Trinajstić information content (AvgIpc) is 2.74. The zero-order valence-electron chi connectivity index (χ0n) is 15.4. The molecule has 2 aromatic carbocycles. The summed E-state index contributed by atoms with van der Waals surface area (Å²) in [6, 6.07) is 14.1. The monoisotopic (exact) mass is 414 g/mol. The Morgan fingerprint density at radius 3 is 2.24 bits per heavy atom. The van der Waals surface area contributed by atoms with E-state index in [1.807, 2.05) is 29.2 Å². The first-order chi connectivity index (χ1) is 14.0. The van der Waals surface area contributed by atoms with Gasteiger partial charge in [0.25, 0.3) is 5.91 Å². The van der Waals surface area contributed by atoms with Crippen molar-refractivity contribution < 1.29 is 13.6 Å². The Kier molecular flexibility index (Phi) is 5.40. The number of hydrogen-bond acceptors (Lipinski definition) is 4. The first-order valence-electron chi connectivity index (χ1n) is 9.10. The van der Waals surface area contributed by atoms with E-state index in [0.29, 0.717) is 37.0 Å². The number of halogens is 3. The molecule has 1 aliphatic rings. The first kappa shape index (κ1) is 19.3. The molecule has 1 saturated heterocycles. The molecule has 0 saturated carbocycles. The van der Waals surface area contributed by atoms with Crippen LogP contribution in [0.25, 0.3) is 11.3 Å². The molecule has 0 unspecified atom stereocenters. The summed E-state index contributed by atoms with van der Waals surface area (Å²) in [7, 11) is 0. The summed E-state index contributed by atoms with van der Waals surface area (Å²) < 4.78 is 26.9. The van der Waals surface area contributed by atoms with Gasteiger partial charge >= 0.3 is 0 Å². The molecule has 0 bridgehead atoms. The summed E-state index contributed by atoms with van der Waals surface area (Å²) in [6.45, 7) is 1.92. The molecule has 4 rings (SSSR count). The summed E-state index contributed by atoms with van der Waals surface area (Å²) in [5, 5.41) is 9.22. The molecule has 1 fully saturated rings. The van der Waals surface area contributed by atoms with Gasteiger partial charge in [0.05, 0.1) is 11.3 Å². The number of amides is 1. The molecule has 1 aromatic heterocycles. The number of nitrogens with zero attached hydrogens (tertiary/aromatic N) is 4. The van der Waals surface area contributed by atoms with Gasteiger partial charge in [0, 0.05) is 42.8 Å². The minimum absolute atomic E-state index is 0.119. The zero-order chi connectivity index (χ0) is 20.4. The number of rotatable bonds is 3. The van der Waals surface area contributed by atoms with Gasteiger partial charge in [-0.15, -0.1) is 10.2 Å². The highest BCUT2D eigenvalue weighted by Crippen LogP contribution is 2.22. The highest BCUT2D eigenvalue weighted by atomic mass is 35.5. The molecule has 0 aliphatic carbocycles. The lowest BCUT2D eigenvalue weighted by atomic mass is 10.1. The fourth-order valence-electron chi connectivity index (χ4n) is 3.24. The van der Waals surface area contributed by atoms with Crippen LogP contribution in [-0.2, 0) is 0 Å². The highest BCUT2D eigenvalue weighted by Gasteiger charge is 2.25. The Bertz CT molecular complexity index is 1020. The van der Waals surface area contributed by atoms with E-state index in [1.54, 1.807) is 17.0 Å². The number of hydrogen-bond donors (Lipinski definition) is 0. The van der Waals surface area contributed by atoms with Crippen LogP contribution in [0.1, 0.15) is 10.4 Å². The predicted octanol–water partition coefficient (Wildman–Crippen LogP) is 4.04. The van der Waals surface area contributed by atoms with E-state index in [9.17, 15) is 13.6 Å². The van der Waals surface area contributed by atoms with Gasteiger partial charge in [-0.3, -0.25) is 4.79 Å². The standard InChI is InChI=1S/C21H17ClF2N4O/c22-15-3-1-14(2-4-15)19-7-8-20(26-25-19)27-9-11-28(12-10-27)21(29)17-6-5-16(23)13-18(17)24/h1-8,13H,9-12H2. The van der Waals surface area contributed by atoms with Gasteiger partial charge in [0.1, 0.15) is 11.6 Å². The van der Waals surface area contributed by atoms with Gasteiger partial charge in [-0.2, -0.15) is 0 Å². The Morgan fingerprint density at radius 1 is 0.897 bits per heavy atom. The van der Waals surface area contributed by atoms with Crippen molar-refractivity contribution in [1.82, 2.24) is 15.1 Å². The third-order valence-electron chi connectivity index (χ3n) is 4.84. The van der Waals surface area contributed by atoms with Gasteiger partial charge in [0.2, 0.25) is 0 Å². The van der Waals surface area contributed by atoms with E-state index in [4.69, 9.17) is 11.6 Å². The maximum Gasteiger partial charge on any atom is 0.256 e. The highest BCUT2D eigenvalue weighted by molar-refractivity contribution is 6.30. The minimum atomic E-state index is -0.846.